The van der Waals surface area contributed by atoms with Gasteiger partial charge in [-0.25, -0.2) is 4.79 Å². The van der Waals surface area contributed by atoms with Crippen LogP contribution in [0.15, 0.2) is 42.5 Å². The summed E-state index contributed by atoms with van der Waals surface area (Å²) in [5, 5.41) is 7.58. The minimum atomic E-state index is -0.440. The molecule has 3 rings (SSSR count). The van der Waals surface area contributed by atoms with Crippen LogP contribution in [0.25, 0.3) is 10.9 Å². The Labute approximate surface area is 132 Å². The Kier molecular flexibility index (Phi) is 3.76. The summed E-state index contributed by atoms with van der Waals surface area (Å²) in [5.74, 6) is 1.42. The number of nitrogen functional groups attached to an aromatic ring is 1. The van der Waals surface area contributed by atoms with Crippen LogP contribution < -0.4 is 20.5 Å². The Bertz CT molecular complexity index is 873. The first-order valence-electron chi connectivity index (χ1n) is 6.90. The molecule has 2 aromatic carbocycles. The number of ether oxygens (including phenoxy) is 2. The van der Waals surface area contributed by atoms with Crippen molar-refractivity contribution in [1.29, 1.82) is 0 Å². The van der Waals surface area contributed by atoms with Gasteiger partial charge in [-0.2, -0.15) is 4.68 Å². The molecule has 0 saturated carbocycles. The number of carbonyl (C=O) groups excluding carboxylic acids is 1. The molecule has 0 unspecified atom stereocenters. The summed E-state index contributed by atoms with van der Waals surface area (Å²) >= 11 is 0. The zero-order valence-corrected chi connectivity index (χ0v) is 12.7. The second kappa shape index (κ2) is 5.88. The molecule has 0 fully saturated rings. The van der Waals surface area contributed by atoms with Gasteiger partial charge in [0.15, 0.2) is 5.82 Å². The van der Waals surface area contributed by atoms with Crippen molar-refractivity contribution in [2.45, 2.75) is 0 Å². The number of rotatable bonds is 3. The summed E-state index contributed by atoms with van der Waals surface area (Å²) in [5.41, 5.74) is 6.96. The maximum absolute atomic E-state index is 12.5. The number of hydrogen-bond donors (Lipinski definition) is 2. The number of fused-ring (bicyclic) bond motifs is 1. The number of carbonyl (C=O) groups is 1. The van der Waals surface area contributed by atoms with Crippen LogP contribution in [-0.2, 0) is 0 Å². The number of aromatic nitrogens is 2. The number of hydrogen-bond acceptors (Lipinski definition) is 5. The quantitative estimate of drug-likeness (QED) is 0.776. The van der Waals surface area contributed by atoms with E-state index in [1.54, 1.807) is 31.4 Å². The number of nitrogens with one attached hydrogen (secondary N) is 1. The van der Waals surface area contributed by atoms with E-state index in [1.165, 1.54) is 11.8 Å². The second-order valence-corrected chi connectivity index (χ2v) is 4.81. The maximum atomic E-state index is 12.5. The Morgan fingerprint density at radius 3 is 2.70 bits per heavy atom. The summed E-state index contributed by atoms with van der Waals surface area (Å²) in [7, 11) is 3.08. The molecular formula is C16H16N4O3. The van der Waals surface area contributed by atoms with Gasteiger partial charge in [-0.1, -0.05) is 12.1 Å². The van der Waals surface area contributed by atoms with Gasteiger partial charge < -0.3 is 20.5 Å². The van der Waals surface area contributed by atoms with Gasteiger partial charge in [-0.15, -0.1) is 5.10 Å². The normalized spacial score (nSPS) is 10.5. The smallest absolute Gasteiger partial charge is 0.347 e. The molecule has 3 aromatic rings. The largest absolute Gasteiger partial charge is 0.497 e. The number of methoxy groups -OCH3 is 2. The molecule has 0 aliphatic carbocycles. The Morgan fingerprint density at radius 1 is 1.17 bits per heavy atom. The fraction of sp³-hybridized carbons (Fsp3) is 0.125. The van der Waals surface area contributed by atoms with E-state index in [0.717, 1.165) is 5.39 Å². The zero-order chi connectivity index (χ0) is 16.4. The summed E-state index contributed by atoms with van der Waals surface area (Å²) in [4.78, 5) is 12.5. The fourth-order valence-electron chi connectivity index (χ4n) is 2.33. The van der Waals surface area contributed by atoms with E-state index in [2.05, 4.69) is 10.4 Å². The van der Waals surface area contributed by atoms with Gasteiger partial charge in [0.2, 0.25) is 0 Å². The number of amides is 1. The average Bonchev–Trinajstić information content (AvgIpc) is 2.92. The molecule has 0 saturated heterocycles. The minimum Gasteiger partial charge on any atom is -0.497 e. The predicted molar refractivity (Wildman–Crippen MR) is 88.1 cm³/mol. The molecule has 0 radical (unpaired) electrons. The average molecular weight is 312 g/mol. The number of para-hydroxylation sites is 1. The Balaban J connectivity index is 1.98. The van der Waals surface area contributed by atoms with E-state index >= 15 is 0 Å². The molecule has 0 atom stereocenters. The molecule has 1 heterocycles. The van der Waals surface area contributed by atoms with Gasteiger partial charge in [-0.3, -0.25) is 0 Å². The first kappa shape index (κ1) is 14.7. The fourth-order valence-corrected chi connectivity index (χ4v) is 2.33. The molecule has 1 aromatic heterocycles. The molecule has 23 heavy (non-hydrogen) atoms. The third-order valence-corrected chi connectivity index (χ3v) is 3.46. The van der Waals surface area contributed by atoms with Crippen molar-refractivity contribution in [2.24, 2.45) is 0 Å². The minimum absolute atomic E-state index is 0.299. The van der Waals surface area contributed by atoms with Crippen molar-refractivity contribution in [1.82, 2.24) is 9.78 Å². The van der Waals surface area contributed by atoms with E-state index in [0.29, 0.717) is 28.5 Å². The highest BCUT2D eigenvalue weighted by Crippen LogP contribution is 2.29. The Hall–Kier alpha value is -3.22. The molecular weight excluding hydrogens is 296 g/mol. The van der Waals surface area contributed by atoms with Gasteiger partial charge in [0.05, 0.1) is 25.4 Å². The lowest BCUT2D eigenvalue weighted by Gasteiger charge is -2.11. The lowest BCUT2D eigenvalue weighted by atomic mass is 10.2. The molecule has 1 amide bonds. The molecule has 7 heteroatoms. The lowest BCUT2D eigenvalue weighted by molar-refractivity contribution is 0.251. The van der Waals surface area contributed by atoms with Gasteiger partial charge in [0, 0.05) is 11.5 Å². The van der Waals surface area contributed by atoms with Crippen LogP contribution in [0.5, 0.6) is 11.5 Å². The maximum Gasteiger partial charge on any atom is 0.347 e. The van der Waals surface area contributed by atoms with Crippen molar-refractivity contribution in [3.63, 3.8) is 0 Å². The second-order valence-electron chi connectivity index (χ2n) is 4.81. The van der Waals surface area contributed by atoms with Gasteiger partial charge in [-0.05, 0) is 24.3 Å². The third-order valence-electron chi connectivity index (χ3n) is 3.46. The number of nitrogens with zero attached hydrogens (tertiary/aromatic N) is 2. The van der Waals surface area contributed by atoms with E-state index in [1.807, 2.05) is 18.2 Å². The van der Waals surface area contributed by atoms with Crippen LogP contribution in [0.3, 0.4) is 0 Å². The highest BCUT2D eigenvalue weighted by atomic mass is 16.5. The molecule has 7 nitrogen and oxygen atoms in total. The van der Waals surface area contributed by atoms with Crippen molar-refractivity contribution in [3.8, 4) is 11.5 Å². The van der Waals surface area contributed by atoms with Crippen molar-refractivity contribution >= 4 is 28.4 Å². The van der Waals surface area contributed by atoms with Crippen LogP contribution in [-0.4, -0.2) is 30.0 Å². The third kappa shape index (κ3) is 2.64. The number of anilines is 2. The molecule has 0 bridgehead atoms. The van der Waals surface area contributed by atoms with Crippen LogP contribution in [0.4, 0.5) is 16.3 Å². The summed E-state index contributed by atoms with van der Waals surface area (Å²) < 4.78 is 11.6. The van der Waals surface area contributed by atoms with Gasteiger partial charge >= 0.3 is 6.03 Å². The molecule has 3 N–H and O–H groups in total. The first-order valence-corrected chi connectivity index (χ1v) is 6.90. The zero-order valence-electron chi connectivity index (χ0n) is 12.7. The van der Waals surface area contributed by atoms with E-state index in [4.69, 9.17) is 15.2 Å². The van der Waals surface area contributed by atoms with Crippen LogP contribution in [0.1, 0.15) is 0 Å². The van der Waals surface area contributed by atoms with Crippen LogP contribution >= 0.6 is 0 Å². The lowest BCUT2D eigenvalue weighted by Crippen LogP contribution is -2.21. The van der Waals surface area contributed by atoms with Crippen LogP contribution in [0.2, 0.25) is 0 Å². The molecule has 0 spiro atoms. The van der Waals surface area contributed by atoms with Gasteiger partial charge in [0.25, 0.3) is 0 Å². The topological polar surface area (TPSA) is 91.4 Å². The predicted octanol–water partition coefficient (Wildman–Crippen LogP) is 2.72. The van der Waals surface area contributed by atoms with Crippen LogP contribution in [0, 0.1) is 0 Å². The SMILES string of the molecule is COc1ccc(OC)c(NC(=O)n2nc(N)c3ccccc32)c1. The van der Waals surface area contributed by atoms with Crippen molar-refractivity contribution in [2.75, 3.05) is 25.3 Å². The first-order chi connectivity index (χ1) is 11.1. The highest BCUT2D eigenvalue weighted by Gasteiger charge is 2.15. The van der Waals surface area contributed by atoms with Gasteiger partial charge in [0.1, 0.15) is 11.5 Å². The summed E-state index contributed by atoms with van der Waals surface area (Å²) in [6.45, 7) is 0. The Morgan fingerprint density at radius 2 is 1.96 bits per heavy atom. The summed E-state index contributed by atoms with van der Waals surface area (Å²) in [6, 6.07) is 11.9. The molecule has 0 aliphatic rings. The monoisotopic (exact) mass is 312 g/mol. The highest BCUT2D eigenvalue weighted by molar-refractivity contribution is 6.01. The van der Waals surface area contributed by atoms with E-state index in [-0.39, 0.29) is 0 Å². The van der Waals surface area contributed by atoms with E-state index < -0.39 is 6.03 Å². The van der Waals surface area contributed by atoms with Crippen molar-refractivity contribution in [3.05, 3.63) is 42.5 Å². The molecule has 118 valence electrons. The van der Waals surface area contributed by atoms with E-state index in [9.17, 15) is 4.79 Å². The number of benzene rings is 2. The standard InChI is InChI=1S/C16H16N4O3/c1-22-10-7-8-14(23-2)12(9-10)18-16(21)20-13-6-4-3-5-11(13)15(17)19-20/h3-9H,1-2H3,(H2,17,19)(H,18,21). The summed E-state index contributed by atoms with van der Waals surface area (Å²) in [6.07, 6.45) is 0. The number of nitrogens with two attached hydrogens (primary N) is 1. The van der Waals surface area contributed by atoms with Crippen molar-refractivity contribution < 1.29 is 14.3 Å². The molecule has 0 aliphatic heterocycles.